The number of nitrogens with zero attached hydrogens (tertiary/aromatic N) is 1. The van der Waals surface area contributed by atoms with Gasteiger partial charge in [-0.15, -0.1) is 0 Å². The van der Waals surface area contributed by atoms with Crippen LogP contribution in [-0.4, -0.2) is 37.7 Å². The molecule has 0 radical (unpaired) electrons. The van der Waals surface area contributed by atoms with Crippen molar-refractivity contribution in [1.82, 2.24) is 0 Å². The molecule has 1 atom stereocenters. The largest absolute Gasteiger partial charge is 0.468 e. The van der Waals surface area contributed by atoms with E-state index in [1.54, 1.807) is 0 Å². The van der Waals surface area contributed by atoms with Crippen molar-refractivity contribution in [3.8, 4) is 0 Å². The van der Waals surface area contributed by atoms with Crippen LogP contribution in [0.15, 0.2) is 4.99 Å². The summed E-state index contributed by atoms with van der Waals surface area (Å²) >= 11 is 0. The summed E-state index contributed by atoms with van der Waals surface area (Å²) in [6.07, 6.45) is 1.93. The van der Waals surface area contributed by atoms with E-state index >= 15 is 0 Å². The van der Waals surface area contributed by atoms with Gasteiger partial charge in [0.25, 0.3) is 0 Å². The molecule has 0 heterocycles. The van der Waals surface area contributed by atoms with Crippen LogP contribution >= 0.6 is 0 Å². The Morgan fingerprint density at radius 1 is 1.56 bits per heavy atom. The number of ether oxygens (including phenoxy) is 1. The van der Waals surface area contributed by atoms with Crippen molar-refractivity contribution in [3.63, 3.8) is 0 Å². The van der Waals surface area contributed by atoms with Crippen LogP contribution in [-0.2, 0) is 14.3 Å². The second kappa shape index (κ2) is 11.2. The monoisotopic (exact) mass is 231 g/mol. The molecule has 8 heteroatoms. The molecule has 0 amide bonds. The quantitative estimate of drug-likeness (QED) is 0.147. The highest BCUT2D eigenvalue weighted by molar-refractivity contribution is 5.76. The van der Waals surface area contributed by atoms with Crippen molar-refractivity contribution >= 4 is 18.0 Å². The minimum absolute atomic E-state index is 0.0478. The van der Waals surface area contributed by atoms with Crippen LogP contribution in [0.25, 0.3) is 0 Å². The standard InChI is InChI=1S/C7H16N4O2.CHNO/c1-13-6(12)5(8)3-2-4-11-7(9)10;2-1-3/h5H,2-4,8H2,1H3,(H4,9,10,11);2H. The number of carbonyl (C=O) groups excluding carboxylic acids is 2. The number of nitrogens with two attached hydrogens (primary N) is 3. The van der Waals surface area contributed by atoms with Crippen molar-refractivity contribution < 1.29 is 14.3 Å². The number of aliphatic imine (C=N–C) groups is 1. The zero-order valence-corrected chi connectivity index (χ0v) is 9.10. The minimum atomic E-state index is -0.584. The Bertz CT molecular complexity index is 256. The van der Waals surface area contributed by atoms with Gasteiger partial charge in [0.2, 0.25) is 6.08 Å². The van der Waals surface area contributed by atoms with E-state index in [1.807, 2.05) is 0 Å². The Balaban J connectivity index is 0. The average Bonchev–Trinajstić information content (AvgIpc) is 2.23. The first-order chi connectivity index (χ1) is 7.49. The normalized spacial score (nSPS) is 10.1. The number of methoxy groups -OCH3 is 1. The molecule has 16 heavy (non-hydrogen) atoms. The minimum Gasteiger partial charge on any atom is -0.468 e. The molecule has 8 nitrogen and oxygen atoms in total. The van der Waals surface area contributed by atoms with Crippen molar-refractivity contribution in [2.24, 2.45) is 22.2 Å². The maximum Gasteiger partial charge on any atom is 0.322 e. The fourth-order valence-electron chi connectivity index (χ4n) is 0.789. The zero-order chi connectivity index (χ0) is 13.0. The van der Waals surface area contributed by atoms with Crippen LogP contribution in [0.2, 0.25) is 0 Å². The van der Waals surface area contributed by atoms with Crippen molar-refractivity contribution in [3.05, 3.63) is 0 Å². The summed E-state index contributed by atoms with van der Waals surface area (Å²) in [4.78, 5) is 22.9. The number of hydrogen-bond acceptors (Lipinski definition) is 6. The Hall–Kier alpha value is -1.92. The Kier molecular flexibility index (Phi) is 11.5. The molecule has 0 aromatic carbocycles. The number of hydrogen-bond donors (Lipinski definition) is 4. The molecule has 7 N–H and O–H groups in total. The molecule has 0 spiro atoms. The predicted molar refractivity (Wildman–Crippen MR) is 58.3 cm³/mol. The van der Waals surface area contributed by atoms with Crippen LogP contribution in [0.3, 0.4) is 0 Å². The van der Waals surface area contributed by atoms with Gasteiger partial charge < -0.3 is 21.9 Å². The Labute approximate surface area is 93.3 Å². The number of guanidine groups is 1. The van der Waals surface area contributed by atoms with E-state index in [4.69, 9.17) is 27.4 Å². The first-order valence-corrected chi connectivity index (χ1v) is 4.42. The second-order valence-electron chi connectivity index (χ2n) is 2.68. The molecule has 0 aliphatic heterocycles. The van der Waals surface area contributed by atoms with Crippen LogP contribution in [0.1, 0.15) is 12.8 Å². The first-order valence-electron chi connectivity index (χ1n) is 4.42. The van der Waals surface area contributed by atoms with Gasteiger partial charge in [0, 0.05) is 6.54 Å². The lowest BCUT2D eigenvalue weighted by molar-refractivity contribution is -0.142. The molecule has 0 aliphatic carbocycles. The lowest BCUT2D eigenvalue weighted by Gasteiger charge is -2.07. The highest BCUT2D eigenvalue weighted by atomic mass is 16.5. The van der Waals surface area contributed by atoms with Gasteiger partial charge in [0.1, 0.15) is 6.04 Å². The maximum atomic E-state index is 10.8. The van der Waals surface area contributed by atoms with Crippen LogP contribution in [0.4, 0.5) is 0 Å². The van der Waals surface area contributed by atoms with Crippen molar-refractivity contribution in [2.75, 3.05) is 13.7 Å². The van der Waals surface area contributed by atoms with E-state index < -0.39 is 12.0 Å². The summed E-state index contributed by atoms with van der Waals surface area (Å²) in [6.45, 7) is 0.479. The molecular weight excluding hydrogens is 214 g/mol. The third-order valence-corrected chi connectivity index (χ3v) is 1.47. The number of rotatable bonds is 5. The lowest BCUT2D eigenvalue weighted by atomic mass is 10.2. The van der Waals surface area contributed by atoms with Gasteiger partial charge in [-0.05, 0) is 12.8 Å². The molecule has 92 valence electrons. The second-order valence-corrected chi connectivity index (χ2v) is 2.68. The summed E-state index contributed by atoms with van der Waals surface area (Å²) in [5.41, 5.74) is 15.7. The Morgan fingerprint density at radius 3 is 2.44 bits per heavy atom. The number of carbonyl (C=O) groups is 1. The number of isocyanates is 1. The van der Waals surface area contributed by atoms with E-state index in [0.717, 1.165) is 6.08 Å². The zero-order valence-electron chi connectivity index (χ0n) is 9.10. The fraction of sp³-hybridized carbons (Fsp3) is 0.625. The average molecular weight is 231 g/mol. The van der Waals surface area contributed by atoms with Gasteiger partial charge in [-0.3, -0.25) is 9.79 Å². The van der Waals surface area contributed by atoms with Crippen molar-refractivity contribution in [2.45, 2.75) is 18.9 Å². The van der Waals surface area contributed by atoms with Gasteiger partial charge in [-0.2, -0.15) is 0 Å². The topological polar surface area (TPSA) is 158 Å². The molecule has 0 bridgehead atoms. The summed E-state index contributed by atoms with van der Waals surface area (Å²) in [6, 6.07) is -0.584. The third kappa shape index (κ3) is 12.1. The molecule has 0 aliphatic rings. The van der Waals surface area contributed by atoms with E-state index in [-0.39, 0.29) is 5.96 Å². The van der Waals surface area contributed by atoms with E-state index in [0.29, 0.717) is 19.4 Å². The molecule has 0 aromatic heterocycles. The lowest BCUT2D eigenvalue weighted by Crippen LogP contribution is -2.31. The SMILES string of the molecule is COC(=O)C(N)CCCN=C(N)N.N=C=O. The maximum absolute atomic E-state index is 10.8. The summed E-state index contributed by atoms with van der Waals surface area (Å²) in [5.74, 6) is -0.365. The first kappa shape index (κ1) is 16.5. The molecule has 0 fully saturated rings. The van der Waals surface area contributed by atoms with E-state index in [1.165, 1.54) is 7.11 Å². The van der Waals surface area contributed by atoms with Gasteiger partial charge in [0.05, 0.1) is 7.11 Å². The molecule has 0 aromatic rings. The van der Waals surface area contributed by atoms with Crippen molar-refractivity contribution in [1.29, 1.82) is 5.41 Å². The van der Waals surface area contributed by atoms with Gasteiger partial charge >= 0.3 is 5.97 Å². The van der Waals surface area contributed by atoms with Gasteiger partial charge in [-0.1, -0.05) is 0 Å². The van der Waals surface area contributed by atoms with E-state index in [2.05, 4.69) is 9.73 Å². The Morgan fingerprint density at radius 2 is 2.06 bits per heavy atom. The number of esters is 1. The molecule has 0 rings (SSSR count). The summed E-state index contributed by atoms with van der Waals surface area (Å²) in [7, 11) is 1.30. The molecule has 1 unspecified atom stereocenters. The van der Waals surface area contributed by atoms with Gasteiger partial charge in [0.15, 0.2) is 5.96 Å². The fourth-order valence-corrected chi connectivity index (χ4v) is 0.789. The smallest absolute Gasteiger partial charge is 0.322 e. The van der Waals surface area contributed by atoms with E-state index in [9.17, 15) is 4.79 Å². The van der Waals surface area contributed by atoms with Crippen LogP contribution in [0.5, 0.6) is 0 Å². The van der Waals surface area contributed by atoms with Crippen LogP contribution < -0.4 is 17.2 Å². The van der Waals surface area contributed by atoms with Gasteiger partial charge in [-0.25, -0.2) is 10.2 Å². The molecule has 0 saturated carbocycles. The predicted octanol–water partition coefficient (Wildman–Crippen LogP) is -1.56. The molecule has 0 saturated heterocycles. The van der Waals surface area contributed by atoms with Crippen LogP contribution in [0, 0.1) is 5.41 Å². The summed E-state index contributed by atoms with van der Waals surface area (Å²) in [5, 5.41) is 5.40. The highest BCUT2D eigenvalue weighted by Gasteiger charge is 2.11. The number of nitrogens with one attached hydrogen (secondary N) is 1. The third-order valence-electron chi connectivity index (χ3n) is 1.47. The summed E-state index contributed by atoms with van der Waals surface area (Å²) < 4.78 is 4.44. The molecular formula is C8H17N5O3. The highest BCUT2D eigenvalue weighted by Crippen LogP contribution is 1.96.